The van der Waals surface area contributed by atoms with Crippen molar-refractivity contribution in [2.45, 2.75) is 11.2 Å². The summed E-state index contributed by atoms with van der Waals surface area (Å²) >= 11 is 9.59. The summed E-state index contributed by atoms with van der Waals surface area (Å²) in [6, 6.07) is 16.0. The topological polar surface area (TPSA) is 9.23 Å². The van der Waals surface area contributed by atoms with Crippen molar-refractivity contribution in [3.05, 3.63) is 64.7 Å². The molecule has 0 saturated carbocycles. The summed E-state index contributed by atoms with van der Waals surface area (Å²) < 4.78 is 5.23. The molecule has 2 aromatic rings. The molecule has 0 heterocycles. The number of halogens is 2. The number of rotatable bonds is 4. The molecule has 1 unspecified atom stereocenters. The lowest BCUT2D eigenvalue weighted by molar-refractivity contribution is 0.414. The van der Waals surface area contributed by atoms with Crippen molar-refractivity contribution in [1.82, 2.24) is 0 Å². The minimum Gasteiger partial charge on any atom is -0.497 e. The van der Waals surface area contributed by atoms with E-state index in [2.05, 4.69) is 28.1 Å². The van der Waals surface area contributed by atoms with E-state index in [4.69, 9.17) is 16.3 Å². The predicted octanol–water partition coefficient (Wildman–Crippen LogP) is 5.03. The number of ether oxygens (including phenoxy) is 1. The maximum atomic E-state index is 5.88. The van der Waals surface area contributed by atoms with E-state index in [9.17, 15) is 0 Å². The lowest BCUT2D eigenvalue weighted by atomic mass is 10.0. The Morgan fingerprint density at radius 3 is 2.56 bits per heavy atom. The zero-order valence-electron chi connectivity index (χ0n) is 10.1. The van der Waals surface area contributed by atoms with E-state index < -0.39 is 0 Å². The Kier molecular flexibility index (Phi) is 4.67. The van der Waals surface area contributed by atoms with E-state index >= 15 is 0 Å². The van der Waals surface area contributed by atoms with Crippen LogP contribution in [0, 0.1) is 0 Å². The van der Waals surface area contributed by atoms with Gasteiger partial charge in [0, 0.05) is 9.85 Å². The molecule has 3 heteroatoms. The van der Waals surface area contributed by atoms with Crippen molar-refractivity contribution in [3.63, 3.8) is 0 Å². The molecule has 2 aromatic carbocycles. The third-order valence-electron chi connectivity index (χ3n) is 2.78. The van der Waals surface area contributed by atoms with Crippen LogP contribution in [-0.4, -0.2) is 7.11 Å². The zero-order valence-corrected chi connectivity index (χ0v) is 12.4. The summed E-state index contributed by atoms with van der Waals surface area (Å²) in [5.74, 6) is 0.892. The van der Waals surface area contributed by atoms with E-state index in [1.807, 2.05) is 36.4 Å². The first-order valence-electron chi connectivity index (χ1n) is 5.71. The molecular formula is C15H14BrClO. The summed E-state index contributed by atoms with van der Waals surface area (Å²) in [5, 5.41) is 0.764. The van der Waals surface area contributed by atoms with Gasteiger partial charge in [-0.25, -0.2) is 0 Å². The van der Waals surface area contributed by atoms with E-state index in [1.165, 1.54) is 11.1 Å². The van der Waals surface area contributed by atoms with E-state index in [1.54, 1.807) is 7.11 Å². The summed E-state index contributed by atoms with van der Waals surface area (Å²) in [6.45, 7) is 0. The van der Waals surface area contributed by atoms with Gasteiger partial charge in [0.1, 0.15) is 5.75 Å². The first-order valence-corrected chi connectivity index (χ1v) is 7.01. The molecule has 0 spiro atoms. The maximum Gasteiger partial charge on any atom is 0.119 e. The second-order valence-electron chi connectivity index (χ2n) is 4.07. The minimum atomic E-state index is 0.280. The molecule has 1 nitrogen and oxygen atoms in total. The van der Waals surface area contributed by atoms with Crippen LogP contribution in [0.2, 0.25) is 5.02 Å². The average Bonchev–Trinajstić information content (AvgIpc) is 2.39. The van der Waals surface area contributed by atoms with Gasteiger partial charge < -0.3 is 4.74 Å². The first-order chi connectivity index (χ1) is 8.69. The Balaban J connectivity index is 2.10. The van der Waals surface area contributed by atoms with Crippen LogP contribution in [0.15, 0.2) is 48.5 Å². The fraction of sp³-hybridized carbons (Fsp3) is 0.200. The van der Waals surface area contributed by atoms with Gasteiger partial charge in [0.15, 0.2) is 0 Å². The van der Waals surface area contributed by atoms with Crippen LogP contribution in [-0.2, 0) is 6.42 Å². The third kappa shape index (κ3) is 3.50. The Morgan fingerprint density at radius 1 is 1.17 bits per heavy atom. The van der Waals surface area contributed by atoms with Crippen molar-refractivity contribution >= 4 is 27.5 Å². The normalized spacial score (nSPS) is 12.2. The Bertz CT molecular complexity index is 510. The van der Waals surface area contributed by atoms with Crippen LogP contribution in [0.5, 0.6) is 5.75 Å². The number of methoxy groups -OCH3 is 1. The molecule has 94 valence electrons. The quantitative estimate of drug-likeness (QED) is 0.717. The largest absolute Gasteiger partial charge is 0.497 e. The molecular weight excluding hydrogens is 312 g/mol. The number of hydrogen-bond donors (Lipinski definition) is 0. The fourth-order valence-corrected chi connectivity index (χ4v) is 2.60. The van der Waals surface area contributed by atoms with Crippen LogP contribution >= 0.6 is 27.5 Å². The highest BCUT2D eigenvalue weighted by Crippen LogP contribution is 2.28. The molecule has 0 aliphatic carbocycles. The molecule has 0 aliphatic rings. The predicted molar refractivity (Wildman–Crippen MR) is 79.8 cm³/mol. The van der Waals surface area contributed by atoms with E-state index in [-0.39, 0.29) is 4.83 Å². The fourth-order valence-electron chi connectivity index (χ4n) is 1.80. The monoisotopic (exact) mass is 324 g/mol. The number of alkyl halides is 1. The second-order valence-corrected chi connectivity index (χ2v) is 5.62. The molecule has 0 aliphatic heterocycles. The Hall–Kier alpha value is -0.990. The van der Waals surface area contributed by atoms with Gasteiger partial charge in [0.2, 0.25) is 0 Å². The van der Waals surface area contributed by atoms with Crippen LogP contribution in [0.4, 0.5) is 0 Å². The van der Waals surface area contributed by atoms with Crippen LogP contribution in [0.3, 0.4) is 0 Å². The average molecular weight is 326 g/mol. The SMILES string of the molecule is COc1cccc(CC(Br)c2ccc(Cl)cc2)c1. The second kappa shape index (κ2) is 6.26. The molecule has 0 saturated heterocycles. The molecule has 2 rings (SSSR count). The summed E-state index contributed by atoms with van der Waals surface area (Å²) in [5.41, 5.74) is 2.47. The molecule has 0 radical (unpaired) electrons. The summed E-state index contributed by atoms with van der Waals surface area (Å²) in [6.07, 6.45) is 0.916. The lowest BCUT2D eigenvalue weighted by Crippen LogP contribution is -1.95. The van der Waals surface area contributed by atoms with Crippen molar-refractivity contribution in [1.29, 1.82) is 0 Å². The summed E-state index contributed by atoms with van der Waals surface area (Å²) in [7, 11) is 1.68. The van der Waals surface area contributed by atoms with Gasteiger partial charge in [-0.2, -0.15) is 0 Å². The van der Waals surface area contributed by atoms with Gasteiger partial charge in [-0.1, -0.05) is 51.8 Å². The lowest BCUT2D eigenvalue weighted by Gasteiger charge is -2.11. The van der Waals surface area contributed by atoms with Crippen molar-refractivity contribution in [2.75, 3.05) is 7.11 Å². The Labute approximate surface area is 121 Å². The third-order valence-corrected chi connectivity index (χ3v) is 3.89. The van der Waals surface area contributed by atoms with Gasteiger partial charge in [0.05, 0.1) is 7.11 Å². The molecule has 0 bridgehead atoms. The van der Waals surface area contributed by atoms with Gasteiger partial charge in [-0.05, 0) is 41.8 Å². The Morgan fingerprint density at radius 2 is 1.89 bits per heavy atom. The first kappa shape index (κ1) is 13.4. The van der Waals surface area contributed by atoms with Crippen LogP contribution in [0.25, 0.3) is 0 Å². The van der Waals surface area contributed by atoms with Crippen molar-refractivity contribution < 1.29 is 4.74 Å². The molecule has 0 N–H and O–H groups in total. The smallest absolute Gasteiger partial charge is 0.119 e. The number of hydrogen-bond acceptors (Lipinski definition) is 1. The van der Waals surface area contributed by atoms with Crippen LogP contribution in [0.1, 0.15) is 16.0 Å². The highest BCUT2D eigenvalue weighted by atomic mass is 79.9. The molecule has 1 atom stereocenters. The summed E-state index contributed by atoms with van der Waals surface area (Å²) in [4.78, 5) is 0.280. The van der Waals surface area contributed by atoms with E-state index in [0.717, 1.165) is 17.2 Å². The van der Waals surface area contributed by atoms with Gasteiger partial charge in [0.25, 0.3) is 0 Å². The number of benzene rings is 2. The highest BCUT2D eigenvalue weighted by molar-refractivity contribution is 9.09. The molecule has 18 heavy (non-hydrogen) atoms. The van der Waals surface area contributed by atoms with Gasteiger partial charge in [-0.15, -0.1) is 0 Å². The van der Waals surface area contributed by atoms with Gasteiger partial charge >= 0.3 is 0 Å². The van der Waals surface area contributed by atoms with Crippen LogP contribution < -0.4 is 4.74 Å². The maximum absolute atomic E-state index is 5.88. The zero-order chi connectivity index (χ0) is 13.0. The van der Waals surface area contributed by atoms with E-state index in [0.29, 0.717) is 0 Å². The van der Waals surface area contributed by atoms with Gasteiger partial charge in [-0.3, -0.25) is 0 Å². The molecule has 0 amide bonds. The van der Waals surface area contributed by atoms with Crippen molar-refractivity contribution in [2.24, 2.45) is 0 Å². The highest BCUT2D eigenvalue weighted by Gasteiger charge is 2.08. The molecule has 0 aromatic heterocycles. The molecule has 0 fully saturated rings. The minimum absolute atomic E-state index is 0.280. The van der Waals surface area contributed by atoms with Crippen molar-refractivity contribution in [3.8, 4) is 5.75 Å². The standard InChI is InChI=1S/C15H14BrClO/c1-18-14-4-2-3-11(9-14)10-15(16)12-5-7-13(17)8-6-12/h2-9,15H,10H2,1H3.